The van der Waals surface area contributed by atoms with Gasteiger partial charge >= 0.3 is 5.97 Å². The molecule has 1 fully saturated rings. The van der Waals surface area contributed by atoms with Gasteiger partial charge in [-0.05, 0) is 29.8 Å². The minimum absolute atomic E-state index is 0.117. The van der Waals surface area contributed by atoms with Crippen molar-refractivity contribution in [3.8, 4) is 28.7 Å². The molecule has 2 N–H and O–H groups in total. The summed E-state index contributed by atoms with van der Waals surface area (Å²) >= 11 is 0. The molecule has 1 atom stereocenters. The van der Waals surface area contributed by atoms with E-state index in [-0.39, 0.29) is 57.8 Å². The average molecular weight is 485 g/mol. The molecule has 10 nitrogen and oxygen atoms in total. The smallest absolute Gasteiger partial charge is 0.306 e. The average Bonchev–Trinajstić information content (AvgIpc) is 3.18. The number of ether oxygens (including phenoxy) is 5. The van der Waals surface area contributed by atoms with Crippen LogP contribution in [-0.4, -0.2) is 74.5 Å². The number of benzene rings is 2. The van der Waals surface area contributed by atoms with Crippen molar-refractivity contribution < 1.29 is 43.5 Å². The highest BCUT2D eigenvalue weighted by molar-refractivity contribution is 6.12. The van der Waals surface area contributed by atoms with Gasteiger partial charge in [-0.1, -0.05) is 0 Å². The summed E-state index contributed by atoms with van der Waals surface area (Å²) in [6.45, 7) is 2.32. The molecule has 2 aliphatic heterocycles. The third-order valence-electron chi connectivity index (χ3n) is 6.05. The number of allylic oxidation sites excluding steroid dienone is 1. The summed E-state index contributed by atoms with van der Waals surface area (Å²) in [5, 5.41) is 21.2. The number of aromatic hydroxyl groups is 2. The van der Waals surface area contributed by atoms with Crippen LogP contribution in [0.15, 0.2) is 36.2 Å². The summed E-state index contributed by atoms with van der Waals surface area (Å²) in [5.41, 5.74) is 0.985. The summed E-state index contributed by atoms with van der Waals surface area (Å²) in [7, 11) is 4.03. The highest BCUT2D eigenvalue weighted by Crippen LogP contribution is 2.48. The predicted molar refractivity (Wildman–Crippen MR) is 123 cm³/mol. The van der Waals surface area contributed by atoms with Crippen LogP contribution in [0.4, 0.5) is 0 Å². The number of hydrogen-bond donors (Lipinski definition) is 2. The molecule has 0 aliphatic carbocycles. The Morgan fingerprint density at radius 3 is 2.37 bits per heavy atom. The lowest BCUT2D eigenvalue weighted by molar-refractivity contribution is -0.140. The van der Waals surface area contributed by atoms with Crippen molar-refractivity contribution in [3.05, 3.63) is 52.9 Å². The molecule has 0 aromatic heterocycles. The zero-order chi connectivity index (χ0) is 25.1. The second-order valence-corrected chi connectivity index (χ2v) is 8.05. The van der Waals surface area contributed by atoms with Gasteiger partial charge in [-0.2, -0.15) is 0 Å². The van der Waals surface area contributed by atoms with Gasteiger partial charge < -0.3 is 38.8 Å². The first-order valence-corrected chi connectivity index (χ1v) is 11.0. The van der Waals surface area contributed by atoms with Gasteiger partial charge in [0.1, 0.15) is 11.5 Å². The quantitative estimate of drug-likeness (QED) is 0.447. The van der Waals surface area contributed by atoms with Crippen LogP contribution in [0.5, 0.6) is 28.7 Å². The van der Waals surface area contributed by atoms with Crippen molar-refractivity contribution in [1.29, 1.82) is 0 Å². The number of carbonyl (C=O) groups is 2. The molecule has 1 saturated heterocycles. The fraction of sp³-hybridized carbons (Fsp3) is 0.360. The largest absolute Gasteiger partial charge is 0.508 e. The lowest BCUT2D eigenvalue weighted by Gasteiger charge is -2.25. The van der Waals surface area contributed by atoms with E-state index in [0.29, 0.717) is 31.9 Å². The lowest BCUT2D eigenvalue weighted by Crippen LogP contribution is -2.32. The molecule has 0 saturated carbocycles. The van der Waals surface area contributed by atoms with Crippen LogP contribution in [0.25, 0.3) is 0 Å². The molecule has 2 aromatic carbocycles. The lowest BCUT2D eigenvalue weighted by atomic mass is 9.85. The van der Waals surface area contributed by atoms with E-state index in [4.69, 9.17) is 23.7 Å². The van der Waals surface area contributed by atoms with Gasteiger partial charge in [0, 0.05) is 30.8 Å². The van der Waals surface area contributed by atoms with Crippen molar-refractivity contribution >= 4 is 11.8 Å². The van der Waals surface area contributed by atoms with Crippen LogP contribution in [0, 0.1) is 0 Å². The van der Waals surface area contributed by atoms with Crippen LogP contribution in [0.3, 0.4) is 0 Å². The minimum atomic E-state index is -0.809. The standard InChI is InChI=1S/C25H27NO9/c1-31-18-10-14(11-19(32-2)24(18)30)16(12-21(28)33-3)22-17(27)5-4-15-23(29)20(35-25(15)22)13-26-6-8-34-9-7-26/h4-5,10-11,13,16,27,30H,6-9,12H2,1-3H3. The van der Waals surface area contributed by atoms with Crippen LogP contribution in [-0.2, 0) is 14.3 Å². The SMILES string of the molecule is COC(=O)CC(c1cc(OC)c(O)c(OC)c1)c1c(O)ccc2c1OC(=CN1CCOCC1)C2=O. The molecule has 35 heavy (non-hydrogen) atoms. The first kappa shape index (κ1) is 24.2. The van der Waals surface area contributed by atoms with E-state index in [1.165, 1.54) is 45.6 Å². The number of esters is 1. The molecule has 10 heteroatoms. The zero-order valence-corrected chi connectivity index (χ0v) is 19.7. The predicted octanol–water partition coefficient (Wildman–Crippen LogP) is 2.56. The van der Waals surface area contributed by atoms with Gasteiger partial charge in [0.25, 0.3) is 0 Å². The summed E-state index contributed by atoms with van der Waals surface area (Å²) in [5.74, 6) is -1.55. The van der Waals surface area contributed by atoms with Gasteiger partial charge in [-0.3, -0.25) is 9.59 Å². The van der Waals surface area contributed by atoms with Crippen molar-refractivity contribution in [2.24, 2.45) is 0 Å². The fourth-order valence-electron chi connectivity index (χ4n) is 4.21. The molecule has 2 heterocycles. The Balaban J connectivity index is 1.83. The number of rotatable bonds is 7. The van der Waals surface area contributed by atoms with Crippen molar-refractivity contribution in [2.75, 3.05) is 47.6 Å². The number of methoxy groups -OCH3 is 3. The monoisotopic (exact) mass is 485 g/mol. The molecule has 2 aliphatic rings. The normalized spacial score (nSPS) is 17.1. The Labute approximate surface area is 202 Å². The van der Waals surface area contributed by atoms with E-state index < -0.39 is 11.9 Å². The maximum absolute atomic E-state index is 13.1. The summed E-state index contributed by atoms with van der Waals surface area (Å²) in [6.07, 6.45) is 1.46. The number of morpholine rings is 1. The molecular weight excluding hydrogens is 458 g/mol. The van der Waals surface area contributed by atoms with Gasteiger partial charge in [0.15, 0.2) is 17.3 Å². The second-order valence-electron chi connectivity index (χ2n) is 8.05. The molecule has 2 aromatic rings. The first-order chi connectivity index (χ1) is 16.9. The first-order valence-electron chi connectivity index (χ1n) is 11.0. The maximum Gasteiger partial charge on any atom is 0.306 e. The van der Waals surface area contributed by atoms with E-state index in [2.05, 4.69) is 0 Å². The Morgan fingerprint density at radius 1 is 1.11 bits per heavy atom. The number of nitrogens with zero attached hydrogens (tertiary/aromatic N) is 1. The molecule has 1 unspecified atom stereocenters. The summed E-state index contributed by atoms with van der Waals surface area (Å²) in [4.78, 5) is 27.4. The zero-order valence-electron chi connectivity index (χ0n) is 19.7. The molecule has 4 rings (SSSR count). The highest BCUT2D eigenvalue weighted by atomic mass is 16.5. The Kier molecular flexibility index (Phi) is 7.02. The Bertz CT molecular complexity index is 1140. The molecule has 0 bridgehead atoms. The Hall–Kier alpha value is -3.92. The van der Waals surface area contributed by atoms with Gasteiger partial charge in [-0.15, -0.1) is 0 Å². The van der Waals surface area contributed by atoms with Gasteiger partial charge in [-0.25, -0.2) is 0 Å². The molecular formula is C25H27NO9. The van der Waals surface area contributed by atoms with Crippen LogP contribution in [0.2, 0.25) is 0 Å². The number of ketones is 1. The van der Waals surface area contributed by atoms with E-state index in [0.717, 1.165) is 0 Å². The van der Waals surface area contributed by atoms with Gasteiger partial charge in [0.2, 0.25) is 11.5 Å². The molecule has 0 spiro atoms. The van der Waals surface area contributed by atoms with Crippen LogP contribution < -0.4 is 14.2 Å². The number of carbonyl (C=O) groups excluding carboxylic acids is 2. The fourth-order valence-corrected chi connectivity index (χ4v) is 4.21. The molecule has 186 valence electrons. The highest BCUT2D eigenvalue weighted by Gasteiger charge is 2.36. The third-order valence-corrected chi connectivity index (χ3v) is 6.05. The summed E-state index contributed by atoms with van der Waals surface area (Å²) < 4.78 is 26.8. The number of Topliss-reactive ketones (excluding diaryl/α,β-unsaturated/α-hetero) is 1. The van der Waals surface area contributed by atoms with Crippen LogP contribution >= 0.6 is 0 Å². The number of phenolic OH excluding ortho intramolecular Hbond substituents is 2. The molecule has 0 radical (unpaired) electrons. The molecule has 0 amide bonds. The third kappa shape index (κ3) is 4.69. The van der Waals surface area contributed by atoms with Crippen molar-refractivity contribution in [3.63, 3.8) is 0 Å². The topological polar surface area (TPSA) is 124 Å². The van der Waals surface area contributed by atoms with Crippen molar-refractivity contribution in [1.82, 2.24) is 4.90 Å². The minimum Gasteiger partial charge on any atom is -0.508 e. The number of fused-ring (bicyclic) bond motifs is 1. The number of hydrogen-bond acceptors (Lipinski definition) is 10. The van der Waals surface area contributed by atoms with Gasteiger partial charge in [0.05, 0.1) is 46.5 Å². The number of phenols is 2. The van der Waals surface area contributed by atoms with E-state index in [1.807, 2.05) is 4.90 Å². The van der Waals surface area contributed by atoms with E-state index in [9.17, 15) is 19.8 Å². The maximum atomic E-state index is 13.1. The van der Waals surface area contributed by atoms with Crippen molar-refractivity contribution in [2.45, 2.75) is 12.3 Å². The summed E-state index contributed by atoms with van der Waals surface area (Å²) in [6, 6.07) is 5.95. The second kappa shape index (κ2) is 10.1. The van der Waals surface area contributed by atoms with E-state index in [1.54, 1.807) is 6.20 Å². The Morgan fingerprint density at radius 2 is 1.77 bits per heavy atom. The van der Waals surface area contributed by atoms with Crippen LogP contribution in [0.1, 0.15) is 33.8 Å². The van der Waals surface area contributed by atoms with E-state index >= 15 is 0 Å².